The molecule has 8 nitrogen and oxygen atoms in total. The molecule has 0 radical (unpaired) electrons. The van der Waals surface area contributed by atoms with Gasteiger partial charge in [0.2, 0.25) is 0 Å². The van der Waals surface area contributed by atoms with Gasteiger partial charge in [-0.3, -0.25) is 9.69 Å². The Morgan fingerprint density at radius 1 is 1.22 bits per heavy atom. The molecule has 2 aliphatic heterocycles. The fraction of sp³-hybridized carbons (Fsp3) is 0.897. The number of esters is 1. The summed E-state index contributed by atoms with van der Waals surface area (Å²) < 4.78 is 18.5. The van der Waals surface area contributed by atoms with Gasteiger partial charge in [-0.15, -0.1) is 0 Å². The van der Waals surface area contributed by atoms with Crippen molar-refractivity contribution >= 4 is 5.97 Å². The number of hydrogen-bond acceptors (Lipinski definition) is 8. The van der Waals surface area contributed by atoms with Gasteiger partial charge in [-0.2, -0.15) is 0 Å². The van der Waals surface area contributed by atoms with Gasteiger partial charge in [0, 0.05) is 31.0 Å². The second-order valence-corrected chi connectivity index (χ2v) is 12.1. The molecule has 1 saturated heterocycles. The molecule has 2 aliphatic rings. The molecule has 11 atom stereocenters. The molecule has 0 saturated carbocycles. The van der Waals surface area contributed by atoms with Crippen LogP contribution in [0, 0.1) is 17.8 Å². The molecule has 0 aromatic carbocycles. The first kappa shape index (κ1) is 32.2. The van der Waals surface area contributed by atoms with Gasteiger partial charge in [0.05, 0.1) is 29.8 Å². The van der Waals surface area contributed by atoms with Crippen molar-refractivity contribution in [2.24, 2.45) is 17.8 Å². The summed E-state index contributed by atoms with van der Waals surface area (Å²) in [6, 6.07) is 0.376. The van der Waals surface area contributed by atoms with Crippen LogP contribution in [0.4, 0.5) is 0 Å². The van der Waals surface area contributed by atoms with Crippen molar-refractivity contribution in [3.05, 3.63) is 11.6 Å². The zero-order valence-electron chi connectivity index (χ0n) is 24.9. The van der Waals surface area contributed by atoms with Crippen LogP contribution >= 0.6 is 0 Å². The highest BCUT2D eigenvalue weighted by atomic mass is 16.7. The van der Waals surface area contributed by atoms with Crippen molar-refractivity contribution in [3.63, 3.8) is 0 Å². The molecule has 216 valence electrons. The largest absolute Gasteiger partial charge is 0.458 e. The molecule has 0 aromatic rings. The summed E-state index contributed by atoms with van der Waals surface area (Å²) >= 11 is 0. The van der Waals surface area contributed by atoms with Crippen molar-refractivity contribution in [2.45, 2.75) is 129 Å². The van der Waals surface area contributed by atoms with E-state index in [4.69, 9.17) is 14.2 Å². The van der Waals surface area contributed by atoms with Crippen LogP contribution in [0.15, 0.2) is 11.6 Å². The number of aliphatic hydroxyl groups excluding tert-OH is 1. The summed E-state index contributed by atoms with van der Waals surface area (Å²) in [6.45, 7) is 16.3. The number of nitrogens with zero attached hydrogens (tertiary/aromatic N) is 1. The Labute approximate surface area is 225 Å². The zero-order chi connectivity index (χ0) is 28.1. The summed E-state index contributed by atoms with van der Waals surface area (Å²) in [5.41, 5.74) is -0.256. The van der Waals surface area contributed by atoms with Crippen molar-refractivity contribution in [3.8, 4) is 0 Å². The van der Waals surface area contributed by atoms with Crippen LogP contribution in [-0.4, -0.2) is 90.1 Å². The highest BCUT2D eigenvalue weighted by Crippen LogP contribution is 2.35. The Bertz CT molecular complexity index is 759. The lowest BCUT2D eigenvalue weighted by Crippen LogP contribution is -2.54. The van der Waals surface area contributed by atoms with Gasteiger partial charge in [0.15, 0.2) is 6.29 Å². The second kappa shape index (κ2) is 13.9. The molecule has 37 heavy (non-hydrogen) atoms. The van der Waals surface area contributed by atoms with E-state index in [1.807, 2.05) is 34.7 Å². The van der Waals surface area contributed by atoms with Crippen LogP contribution in [0.5, 0.6) is 0 Å². The third-order valence-electron chi connectivity index (χ3n) is 8.40. The Morgan fingerprint density at radius 2 is 1.86 bits per heavy atom. The maximum absolute atomic E-state index is 13.1. The van der Waals surface area contributed by atoms with E-state index in [0.29, 0.717) is 19.3 Å². The van der Waals surface area contributed by atoms with Crippen LogP contribution in [0.3, 0.4) is 0 Å². The number of rotatable bonds is 4. The van der Waals surface area contributed by atoms with E-state index in [0.717, 1.165) is 18.5 Å². The summed E-state index contributed by atoms with van der Waals surface area (Å²) in [4.78, 5) is 15.4. The zero-order valence-corrected chi connectivity index (χ0v) is 24.9. The Hall–Kier alpha value is -1.03. The molecular weight excluding hydrogens is 472 g/mol. The van der Waals surface area contributed by atoms with E-state index in [1.54, 1.807) is 13.8 Å². The summed E-state index contributed by atoms with van der Waals surface area (Å²) in [5, 5.41) is 26.5. The number of likely N-dealkylation sites (N-methyl/N-ethyl adjacent to an activating group) is 1. The molecule has 0 aliphatic carbocycles. The Morgan fingerprint density at radius 3 is 2.46 bits per heavy atom. The highest BCUT2D eigenvalue weighted by molar-refractivity contribution is 5.73. The molecule has 2 heterocycles. The number of carbonyl (C=O) groups is 1. The number of nitrogens with one attached hydrogen (secondary N) is 1. The third kappa shape index (κ3) is 8.73. The Kier molecular flexibility index (Phi) is 12.1. The summed E-state index contributed by atoms with van der Waals surface area (Å²) in [5.74, 6) is -1.61. The predicted octanol–water partition coefficient (Wildman–Crippen LogP) is 3.50. The minimum atomic E-state index is -1.26. The lowest BCUT2D eigenvalue weighted by molar-refractivity contribution is -0.263. The van der Waals surface area contributed by atoms with Gasteiger partial charge in [0.1, 0.15) is 6.10 Å². The fourth-order valence-corrected chi connectivity index (χ4v) is 6.10. The van der Waals surface area contributed by atoms with E-state index in [1.165, 1.54) is 0 Å². The van der Waals surface area contributed by atoms with Crippen LogP contribution in [0.25, 0.3) is 0 Å². The summed E-state index contributed by atoms with van der Waals surface area (Å²) in [6.07, 6.45) is 2.13. The molecule has 8 heteroatoms. The van der Waals surface area contributed by atoms with Gasteiger partial charge >= 0.3 is 5.97 Å². The van der Waals surface area contributed by atoms with Gasteiger partial charge < -0.3 is 29.7 Å². The lowest BCUT2D eigenvalue weighted by atomic mass is 9.78. The van der Waals surface area contributed by atoms with Gasteiger partial charge in [-0.05, 0) is 79.5 Å². The minimum Gasteiger partial charge on any atom is -0.458 e. The number of carbonyl (C=O) groups excluding carboxylic acids is 1. The number of aliphatic hydroxyl groups is 2. The molecule has 3 N–H and O–H groups in total. The minimum absolute atomic E-state index is 0.00770. The molecule has 0 aromatic heterocycles. The third-order valence-corrected chi connectivity index (χ3v) is 8.40. The molecule has 0 amide bonds. The van der Waals surface area contributed by atoms with Gasteiger partial charge in [0.25, 0.3) is 0 Å². The van der Waals surface area contributed by atoms with Crippen molar-refractivity contribution in [2.75, 3.05) is 20.6 Å². The standard InChI is InChI=1S/C29H54N2O6/c1-11-24-18(3)12-19(4)31(10)16-17(2)15-29(8,34)27(21(6)26(32)22(7)28(33)36-24)37-25-14-23(30-9)13-20(5)35-25/h12,17,19-27,30,32,34H,11,13-16H2,1-10H3/b18-12+/t17-,19-,20-,21+,22-,23+,24-,25+,26+,27-,29-/m1/s1. The summed E-state index contributed by atoms with van der Waals surface area (Å²) in [7, 11) is 4.00. The topological polar surface area (TPSA) is 100 Å². The van der Waals surface area contributed by atoms with Crippen LogP contribution in [-0.2, 0) is 19.0 Å². The van der Waals surface area contributed by atoms with Crippen LogP contribution in [0.1, 0.15) is 81.1 Å². The van der Waals surface area contributed by atoms with Crippen LogP contribution in [0.2, 0.25) is 0 Å². The van der Waals surface area contributed by atoms with Gasteiger partial charge in [-0.25, -0.2) is 0 Å². The smallest absolute Gasteiger partial charge is 0.311 e. The van der Waals surface area contributed by atoms with E-state index < -0.39 is 41.9 Å². The first-order valence-corrected chi connectivity index (χ1v) is 14.2. The number of hydrogen-bond donors (Lipinski definition) is 3. The van der Waals surface area contributed by atoms with E-state index in [2.05, 4.69) is 37.2 Å². The first-order chi connectivity index (χ1) is 17.2. The molecule has 0 unspecified atom stereocenters. The predicted molar refractivity (Wildman–Crippen MR) is 146 cm³/mol. The maximum atomic E-state index is 13.1. The molecule has 2 rings (SSSR count). The molecule has 0 bridgehead atoms. The lowest BCUT2D eigenvalue weighted by Gasteiger charge is -2.44. The van der Waals surface area contributed by atoms with E-state index in [9.17, 15) is 15.0 Å². The van der Waals surface area contributed by atoms with Crippen molar-refractivity contribution < 1.29 is 29.2 Å². The molecule has 1 fully saturated rings. The number of ether oxygens (including phenoxy) is 3. The van der Waals surface area contributed by atoms with Crippen LogP contribution < -0.4 is 5.32 Å². The van der Waals surface area contributed by atoms with Crippen molar-refractivity contribution in [1.82, 2.24) is 10.2 Å². The average Bonchev–Trinajstić information content (AvgIpc) is 2.82. The maximum Gasteiger partial charge on any atom is 0.311 e. The van der Waals surface area contributed by atoms with Gasteiger partial charge in [-0.1, -0.05) is 26.8 Å². The van der Waals surface area contributed by atoms with E-state index in [-0.39, 0.29) is 30.2 Å². The molecular formula is C29H54N2O6. The second-order valence-electron chi connectivity index (χ2n) is 12.1. The average molecular weight is 527 g/mol. The van der Waals surface area contributed by atoms with E-state index >= 15 is 0 Å². The molecule has 0 spiro atoms. The highest BCUT2D eigenvalue weighted by Gasteiger charge is 2.45. The number of cyclic esters (lactones) is 1. The quantitative estimate of drug-likeness (QED) is 0.378. The first-order valence-electron chi connectivity index (χ1n) is 14.2. The van der Waals surface area contributed by atoms with Crippen molar-refractivity contribution in [1.29, 1.82) is 0 Å². The normalized spacial score (nSPS) is 45.3. The SMILES string of the molecule is CC[C@H]1OC(=O)[C@H](C)[C@@H](O)[C@H](C)[C@@H](O[C@H]2C[C@@H](NC)C[C@@H](C)O2)[C@](C)(O)C[C@@H](C)CN(C)[C@H](C)/C=C/1C. The fourth-order valence-electron chi connectivity index (χ4n) is 6.10. The monoisotopic (exact) mass is 526 g/mol. The Balaban J connectivity index is 2.42.